The molecule has 2 aromatic heterocycles. The van der Waals surface area contributed by atoms with Gasteiger partial charge in [0.1, 0.15) is 0 Å². The number of benzene rings is 3. The van der Waals surface area contributed by atoms with Gasteiger partial charge in [-0.15, -0.1) is 0 Å². The van der Waals surface area contributed by atoms with Crippen molar-refractivity contribution in [1.29, 1.82) is 0 Å². The highest BCUT2D eigenvalue weighted by atomic mass is 35.5. The molecule has 6 rings (SSSR count). The minimum Gasteiger partial charge on any atom is -0.481 e. The van der Waals surface area contributed by atoms with Gasteiger partial charge in [0.2, 0.25) is 0 Å². The van der Waals surface area contributed by atoms with E-state index in [1.54, 1.807) is 30.5 Å². The number of Topliss-reactive ketones (excluding diaryl/α,β-unsaturated/α-hetero) is 1. The Morgan fingerprint density at radius 1 is 0.976 bits per heavy atom. The van der Waals surface area contributed by atoms with E-state index in [1.807, 2.05) is 67.6 Å². The Hall–Kier alpha value is -4.29. The van der Waals surface area contributed by atoms with Crippen molar-refractivity contribution in [3.63, 3.8) is 0 Å². The number of aryl methyl sites for hydroxylation is 1. The van der Waals surface area contributed by atoms with Gasteiger partial charge in [-0.2, -0.15) is 0 Å². The Labute approximate surface area is 243 Å². The first kappa shape index (κ1) is 26.9. The molecule has 3 aromatic carbocycles. The minimum absolute atomic E-state index is 0.0625. The molecule has 41 heavy (non-hydrogen) atoms. The summed E-state index contributed by atoms with van der Waals surface area (Å²) in [4.78, 5) is 41.0. The number of hydrogen-bond donors (Lipinski definition) is 2. The summed E-state index contributed by atoms with van der Waals surface area (Å²) >= 11 is 6.37. The van der Waals surface area contributed by atoms with Crippen molar-refractivity contribution in [2.24, 2.45) is 5.92 Å². The van der Waals surface area contributed by atoms with Gasteiger partial charge in [-0.05, 0) is 61.6 Å². The van der Waals surface area contributed by atoms with Crippen molar-refractivity contribution in [3.8, 4) is 0 Å². The number of carbonyl (C=O) groups is 2. The third-order valence-electron chi connectivity index (χ3n) is 8.09. The van der Waals surface area contributed by atoms with Crippen LogP contribution in [-0.2, 0) is 16.6 Å². The molecule has 0 spiro atoms. The maximum atomic E-state index is 14.8. The Balaban J connectivity index is 1.64. The van der Waals surface area contributed by atoms with E-state index in [0.717, 1.165) is 29.7 Å². The number of aliphatic carboxylic acids is 1. The maximum Gasteiger partial charge on any atom is 0.304 e. The maximum absolute atomic E-state index is 14.8. The molecular weight excluding hydrogens is 534 g/mol. The molecule has 0 saturated heterocycles. The summed E-state index contributed by atoms with van der Waals surface area (Å²) in [6.07, 6.45) is 3.59. The van der Waals surface area contributed by atoms with Crippen LogP contribution in [-0.4, -0.2) is 31.8 Å². The lowest BCUT2D eigenvalue weighted by Crippen LogP contribution is -2.46. The molecule has 2 atom stereocenters. The number of ketones is 1. The Kier molecular flexibility index (Phi) is 7.18. The molecule has 0 amide bonds. The van der Waals surface area contributed by atoms with Crippen LogP contribution in [0.2, 0.25) is 5.02 Å². The Morgan fingerprint density at radius 2 is 1.73 bits per heavy atom. The number of rotatable bonds is 10. The zero-order valence-corrected chi connectivity index (χ0v) is 23.4. The van der Waals surface area contributed by atoms with Gasteiger partial charge in [0.05, 0.1) is 34.3 Å². The predicted octanol–water partition coefficient (Wildman–Crippen LogP) is 7.30. The fourth-order valence-corrected chi connectivity index (χ4v) is 6.23. The van der Waals surface area contributed by atoms with Crippen LogP contribution in [0.1, 0.15) is 63.7 Å². The standard InChI is InChI=1S/C34H30ClN3O3/c1-21-9-11-24(12-10-21)33(41)34(20-30(39)40,29-8-5-17-36-29)31(23-13-14-23)32-28(18-22-6-3-2-4-7-22)37-26-16-15-25(35)19-27(26)38-32/h2-12,15-17,19,23,31,36H,13-14,18,20H2,1H3,(H,39,40). The van der Waals surface area contributed by atoms with E-state index in [4.69, 9.17) is 21.6 Å². The lowest BCUT2D eigenvalue weighted by Gasteiger charge is -2.39. The summed E-state index contributed by atoms with van der Waals surface area (Å²) in [5.74, 6) is -1.75. The molecule has 1 saturated carbocycles. The quantitative estimate of drug-likeness (QED) is 0.174. The third kappa shape index (κ3) is 5.27. The van der Waals surface area contributed by atoms with Gasteiger partial charge in [-0.25, -0.2) is 9.97 Å². The van der Waals surface area contributed by atoms with Gasteiger partial charge in [0, 0.05) is 34.8 Å². The number of aromatic amines is 1. The Bertz CT molecular complexity index is 1710. The van der Waals surface area contributed by atoms with Crippen molar-refractivity contribution < 1.29 is 14.7 Å². The van der Waals surface area contributed by atoms with Gasteiger partial charge >= 0.3 is 5.97 Å². The molecule has 2 heterocycles. The zero-order chi connectivity index (χ0) is 28.6. The van der Waals surface area contributed by atoms with Crippen LogP contribution < -0.4 is 0 Å². The average Bonchev–Trinajstić information content (AvgIpc) is 3.63. The molecule has 5 aromatic rings. The number of nitrogens with zero attached hydrogens (tertiary/aromatic N) is 2. The molecule has 6 nitrogen and oxygen atoms in total. The van der Waals surface area contributed by atoms with Crippen LogP contribution in [0.25, 0.3) is 11.0 Å². The molecule has 1 aliphatic carbocycles. The van der Waals surface area contributed by atoms with E-state index in [-0.39, 0.29) is 18.1 Å². The van der Waals surface area contributed by atoms with Gasteiger partial charge < -0.3 is 10.1 Å². The van der Waals surface area contributed by atoms with Gasteiger partial charge in [0.25, 0.3) is 0 Å². The number of nitrogens with one attached hydrogen (secondary N) is 1. The highest BCUT2D eigenvalue weighted by Gasteiger charge is 2.56. The SMILES string of the molecule is Cc1ccc(C(=O)C(CC(=O)O)(c2ccc[nH]2)C(c2nc3cc(Cl)ccc3nc2Cc2ccccc2)C2CC2)cc1. The molecule has 2 unspecified atom stereocenters. The molecular formula is C34H30ClN3O3. The monoisotopic (exact) mass is 563 g/mol. The largest absolute Gasteiger partial charge is 0.481 e. The predicted molar refractivity (Wildman–Crippen MR) is 159 cm³/mol. The summed E-state index contributed by atoms with van der Waals surface area (Å²) in [5.41, 5.74) is 4.40. The van der Waals surface area contributed by atoms with E-state index in [0.29, 0.717) is 39.4 Å². The summed E-state index contributed by atoms with van der Waals surface area (Å²) < 4.78 is 0. The topological polar surface area (TPSA) is 95.9 Å². The van der Waals surface area contributed by atoms with Crippen LogP contribution in [0.5, 0.6) is 0 Å². The van der Waals surface area contributed by atoms with Crippen LogP contribution in [0.4, 0.5) is 0 Å². The molecule has 1 aliphatic rings. The number of fused-ring (bicyclic) bond motifs is 1. The minimum atomic E-state index is -1.43. The zero-order valence-electron chi connectivity index (χ0n) is 22.7. The van der Waals surface area contributed by atoms with Crippen LogP contribution in [0.3, 0.4) is 0 Å². The molecule has 0 radical (unpaired) electrons. The van der Waals surface area contributed by atoms with E-state index >= 15 is 0 Å². The highest BCUT2D eigenvalue weighted by molar-refractivity contribution is 6.31. The third-order valence-corrected chi connectivity index (χ3v) is 8.33. The van der Waals surface area contributed by atoms with Crippen LogP contribution >= 0.6 is 11.6 Å². The summed E-state index contributed by atoms with van der Waals surface area (Å²) in [6, 6.07) is 26.4. The molecule has 0 bridgehead atoms. The molecule has 206 valence electrons. The van der Waals surface area contributed by atoms with Crippen molar-refractivity contribution in [3.05, 3.63) is 130 Å². The van der Waals surface area contributed by atoms with E-state index < -0.39 is 17.3 Å². The first-order valence-corrected chi connectivity index (χ1v) is 14.2. The summed E-state index contributed by atoms with van der Waals surface area (Å²) in [5, 5.41) is 10.9. The lowest BCUT2D eigenvalue weighted by atomic mass is 9.62. The van der Waals surface area contributed by atoms with Crippen LogP contribution in [0.15, 0.2) is 91.1 Å². The van der Waals surface area contributed by atoms with E-state index in [1.165, 1.54) is 0 Å². The summed E-state index contributed by atoms with van der Waals surface area (Å²) in [6.45, 7) is 1.96. The van der Waals surface area contributed by atoms with Crippen molar-refractivity contribution in [1.82, 2.24) is 15.0 Å². The number of carboxylic acid groups (broad SMARTS) is 1. The normalized spacial score (nSPS) is 15.4. The number of aromatic nitrogens is 3. The fourth-order valence-electron chi connectivity index (χ4n) is 6.06. The van der Waals surface area contributed by atoms with Gasteiger partial charge in [-0.3, -0.25) is 9.59 Å². The number of halogens is 1. The lowest BCUT2D eigenvalue weighted by molar-refractivity contribution is -0.138. The number of H-pyrrole nitrogens is 1. The fraction of sp³-hybridized carbons (Fsp3) is 0.235. The molecule has 1 fully saturated rings. The average molecular weight is 564 g/mol. The number of carbonyl (C=O) groups excluding carboxylic acids is 1. The van der Waals surface area contributed by atoms with Crippen molar-refractivity contribution in [2.45, 2.75) is 43.9 Å². The number of carboxylic acids is 1. The Morgan fingerprint density at radius 3 is 2.39 bits per heavy atom. The first-order chi connectivity index (χ1) is 19.8. The van der Waals surface area contributed by atoms with Gasteiger partial charge in [0.15, 0.2) is 5.78 Å². The first-order valence-electron chi connectivity index (χ1n) is 13.8. The second kappa shape index (κ2) is 10.9. The smallest absolute Gasteiger partial charge is 0.304 e. The molecule has 2 N–H and O–H groups in total. The van der Waals surface area contributed by atoms with Crippen molar-refractivity contribution >= 4 is 34.4 Å². The van der Waals surface area contributed by atoms with Gasteiger partial charge in [-0.1, -0.05) is 71.8 Å². The number of hydrogen-bond acceptors (Lipinski definition) is 4. The van der Waals surface area contributed by atoms with E-state index in [2.05, 4.69) is 4.98 Å². The highest BCUT2D eigenvalue weighted by Crippen LogP contribution is 2.55. The summed E-state index contributed by atoms with van der Waals surface area (Å²) in [7, 11) is 0. The van der Waals surface area contributed by atoms with Crippen LogP contribution in [0, 0.1) is 12.8 Å². The molecule has 0 aliphatic heterocycles. The van der Waals surface area contributed by atoms with Crippen molar-refractivity contribution in [2.75, 3.05) is 0 Å². The second-order valence-electron chi connectivity index (χ2n) is 11.0. The second-order valence-corrected chi connectivity index (χ2v) is 11.4. The van der Waals surface area contributed by atoms with E-state index in [9.17, 15) is 14.7 Å². The molecule has 7 heteroatoms.